The van der Waals surface area contributed by atoms with E-state index in [2.05, 4.69) is 5.32 Å². The standard InChI is InChI=1S/C17H14ClNO6/c1-9(25-14-4-2-3-12(18)8-14)15(20)19-13-6-10(16(21)22)5-11(7-13)17(23)24/h2-9H,1H3,(H,19,20)(H,21,22)(H,23,24)/p-2/t9-/m1/s1. The Morgan fingerprint density at radius 1 is 1.04 bits per heavy atom. The van der Waals surface area contributed by atoms with Gasteiger partial charge in [-0.25, -0.2) is 0 Å². The number of anilines is 1. The van der Waals surface area contributed by atoms with Gasteiger partial charge in [0, 0.05) is 10.7 Å². The van der Waals surface area contributed by atoms with Gasteiger partial charge >= 0.3 is 0 Å². The van der Waals surface area contributed by atoms with Crippen molar-refractivity contribution in [1.29, 1.82) is 0 Å². The molecule has 0 aliphatic carbocycles. The van der Waals surface area contributed by atoms with Crippen LogP contribution in [0.5, 0.6) is 5.75 Å². The zero-order valence-electron chi connectivity index (χ0n) is 12.9. The molecule has 1 atom stereocenters. The SMILES string of the molecule is C[C@@H](Oc1cccc(Cl)c1)C(=O)Nc1cc(C(=O)[O-])cc(C(=O)[O-])c1. The molecule has 0 aliphatic rings. The molecular formula is C17H12ClNO6-2. The molecule has 7 nitrogen and oxygen atoms in total. The Hall–Kier alpha value is -3.06. The minimum atomic E-state index is -1.58. The maximum atomic E-state index is 12.2. The van der Waals surface area contributed by atoms with E-state index in [4.69, 9.17) is 16.3 Å². The van der Waals surface area contributed by atoms with Crippen molar-refractivity contribution in [1.82, 2.24) is 0 Å². The number of ether oxygens (including phenoxy) is 1. The van der Waals surface area contributed by atoms with E-state index >= 15 is 0 Å². The molecule has 1 amide bonds. The van der Waals surface area contributed by atoms with Gasteiger partial charge in [0.15, 0.2) is 6.10 Å². The molecule has 2 aromatic carbocycles. The molecule has 0 aromatic heterocycles. The molecule has 0 aliphatic heterocycles. The average Bonchev–Trinajstić information content (AvgIpc) is 2.54. The summed E-state index contributed by atoms with van der Waals surface area (Å²) in [6.07, 6.45) is -0.948. The van der Waals surface area contributed by atoms with Gasteiger partial charge in [-0.2, -0.15) is 0 Å². The number of rotatable bonds is 6. The summed E-state index contributed by atoms with van der Waals surface area (Å²) in [5, 5.41) is 24.7. The first kappa shape index (κ1) is 18.3. The number of carboxylic acids is 2. The minimum absolute atomic E-state index is 0.0348. The molecule has 1 N–H and O–H groups in total. The number of carbonyl (C=O) groups excluding carboxylic acids is 3. The molecule has 130 valence electrons. The van der Waals surface area contributed by atoms with E-state index in [-0.39, 0.29) is 5.69 Å². The molecule has 0 fully saturated rings. The van der Waals surface area contributed by atoms with Crippen LogP contribution in [0, 0.1) is 0 Å². The van der Waals surface area contributed by atoms with Crippen molar-refractivity contribution in [2.75, 3.05) is 5.32 Å². The lowest BCUT2D eigenvalue weighted by molar-refractivity contribution is -0.255. The molecule has 0 bridgehead atoms. The first-order valence-electron chi connectivity index (χ1n) is 7.07. The molecule has 2 aromatic rings. The zero-order valence-corrected chi connectivity index (χ0v) is 13.7. The lowest BCUT2D eigenvalue weighted by Gasteiger charge is -2.16. The van der Waals surface area contributed by atoms with E-state index in [1.54, 1.807) is 18.2 Å². The zero-order chi connectivity index (χ0) is 18.6. The van der Waals surface area contributed by atoms with E-state index < -0.39 is 35.1 Å². The number of amides is 1. The summed E-state index contributed by atoms with van der Waals surface area (Å²) in [5.41, 5.74) is -0.840. The highest BCUT2D eigenvalue weighted by molar-refractivity contribution is 6.30. The van der Waals surface area contributed by atoms with Crippen LogP contribution in [0.25, 0.3) is 0 Å². The highest BCUT2D eigenvalue weighted by atomic mass is 35.5. The van der Waals surface area contributed by atoms with Crippen LogP contribution in [0.2, 0.25) is 5.02 Å². The Kier molecular flexibility index (Phi) is 5.61. The first-order chi connectivity index (χ1) is 11.8. The normalized spacial score (nSPS) is 11.4. The number of halogens is 1. The summed E-state index contributed by atoms with van der Waals surface area (Å²) in [4.78, 5) is 34.1. The maximum absolute atomic E-state index is 12.2. The number of carbonyl (C=O) groups is 3. The molecule has 0 saturated heterocycles. The van der Waals surface area contributed by atoms with Crippen LogP contribution >= 0.6 is 11.6 Å². The van der Waals surface area contributed by atoms with Crippen molar-refractivity contribution < 1.29 is 29.3 Å². The second-order valence-corrected chi connectivity index (χ2v) is 5.52. The lowest BCUT2D eigenvalue weighted by atomic mass is 10.1. The second-order valence-electron chi connectivity index (χ2n) is 5.08. The highest BCUT2D eigenvalue weighted by Crippen LogP contribution is 2.19. The molecule has 0 heterocycles. The number of carboxylic acid groups (broad SMARTS) is 2. The van der Waals surface area contributed by atoms with Crippen molar-refractivity contribution in [2.24, 2.45) is 0 Å². The highest BCUT2D eigenvalue weighted by Gasteiger charge is 2.16. The third kappa shape index (κ3) is 4.95. The van der Waals surface area contributed by atoms with E-state index in [1.165, 1.54) is 13.0 Å². The van der Waals surface area contributed by atoms with Gasteiger partial charge in [0.2, 0.25) is 0 Å². The third-order valence-corrected chi connectivity index (χ3v) is 3.39. The third-order valence-electron chi connectivity index (χ3n) is 3.15. The van der Waals surface area contributed by atoms with Crippen LogP contribution in [-0.2, 0) is 4.79 Å². The summed E-state index contributed by atoms with van der Waals surface area (Å²) < 4.78 is 5.43. The Balaban J connectivity index is 2.16. The van der Waals surface area contributed by atoms with Crippen molar-refractivity contribution >= 4 is 35.1 Å². The molecule has 25 heavy (non-hydrogen) atoms. The van der Waals surface area contributed by atoms with Gasteiger partial charge in [-0.15, -0.1) is 0 Å². The number of benzene rings is 2. The Morgan fingerprint density at radius 3 is 2.16 bits per heavy atom. The average molecular weight is 362 g/mol. The van der Waals surface area contributed by atoms with Crippen molar-refractivity contribution in [3.8, 4) is 5.75 Å². The smallest absolute Gasteiger partial charge is 0.265 e. The molecule has 0 saturated carbocycles. The number of aromatic carboxylic acids is 2. The number of hydrogen-bond donors (Lipinski definition) is 1. The fourth-order valence-electron chi connectivity index (χ4n) is 1.98. The predicted octanol–water partition coefficient (Wildman–Crippen LogP) is 0.473. The number of nitrogens with one attached hydrogen (secondary N) is 1. The van der Waals surface area contributed by atoms with Crippen LogP contribution in [0.15, 0.2) is 42.5 Å². The van der Waals surface area contributed by atoms with Gasteiger partial charge in [0.1, 0.15) is 5.75 Å². The van der Waals surface area contributed by atoms with Crippen LogP contribution in [0.3, 0.4) is 0 Å². The summed E-state index contributed by atoms with van der Waals surface area (Å²) >= 11 is 5.83. The van der Waals surface area contributed by atoms with Crippen LogP contribution in [-0.4, -0.2) is 23.9 Å². The van der Waals surface area contributed by atoms with Crippen molar-refractivity contribution in [3.05, 3.63) is 58.6 Å². The Bertz CT molecular complexity index is 803. The molecule has 0 unspecified atom stereocenters. The number of hydrogen-bond acceptors (Lipinski definition) is 6. The van der Waals surface area contributed by atoms with Gasteiger partial charge in [0.25, 0.3) is 5.91 Å². The largest absolute Gasteiger partial charge is 0.545 e. The summed E-state index contributed by atoms with van der Waals surface area (Å²) in [5.74, 6) is -3.41. The van der Waals surface area contributed by atoms with Gasteiger partial charge in [-0.1, -0.05) is 17.7 Å². The van der Waals surface area contributed by atoms with Gasteiger partial charge in [-0.05, 0) is 54.4 Å². The summed E-state index contributed by atoms with van der Waals surface area (Å²) in [6.45, 7) is 1.47. The van der Waals surface area contributed by atoms with Crippen molar-refractivity contribution in [3.63, 3.8) is 0 Å². The Labute approximate surface area is 147 Å². The second kappa shape index (κ2) is 7.67. The topological polar surface area (TPSA) is 119 Å². The summed E-state index contributed by atoms with van der Waals surface area (Å²) in [6, 6.07) is 9.46. The van der Waals surface area contributed by atoms with Gasteiger partial charge < -0.3 is 29.9 Å². The van der Waals surface area contributed by atoms with Crippen LogP contribution in [0.4, 0.5) is 5.69 Å². The molecule has 8 heteroatoms. The summed E-state index contributed by atoms with van der Waals surface area (Å²) in [7, 11) is 0. The quantitative estimate of drug-likeness (QED) is 0.799. The minimum Gasteiger partial charge on any atom is -0.545 e. The Morgan fingerprint density at radius 2 is 1.64 bits per heavy atom. The monoisotopic (exact) mass is 361 g/mol. The maximum Gasteiger partial charge on any atom is 0.265 e. The lowest BCUT2D eigenvalue weighted by Crippen LogP contribution is -2.31. The van der Waals surface area contributed by atoms with E-state index in [0.717, 1.165) is 18.2 Å². The molecule has 2 rings (SSSR count). The van der Waals surface area contributed by atoms with Crippen LogP contribution < -0.4 is 20.3 Å². The van der Waals surface area contributed by atoms with E-state index in [1.807, 2.05) is 0 Å². The predicted molar refractivity (Wildman–Crippen MR) is 85.3 cm³/mol. The molecular weight excluding hydrogens is 350 g/mol. The van der Waals surface area contributed by atoms with Gasteiger partial charge in [0.05, 0.1) is 11.9 Å². The first-order valence-corrected chi connectivity index (χ1v) is 7.45. The fourth-order valence-corrected chi connectivity index (χ4v) is 2.16. The van der Waals surface area contributed by atoms with E-state index in [0.29, 0.717) is 10.8 Å². The van der Waals surface area contributed by atoms with Gasteiger partial charge in [-0.3, -0.25) is 4.79 Å². The molecule has 0 radical (unpaired) electrons. The van der Waals surface area contributed by atoms with Crippen LogP contribution in [0.1, 0.15) is 27.6 Å². The fraction of sp³-hybridized carbons (Fsp3) is 0.118. The van der Waals surface area contributed by atoms with E-state index in [9.17, 15) is 24.6 Å². The molecule has 0 spiro atoms. The van der Waals surface area contributed by atoms with Crippen molar-refractivity contribution in [2.45, 2.75) is 13.0 Å².